The lowest BCUT2D eigenvalue weighted by molar-refractivity contribution is 0.100. The highest BCUT2D eigenvalue weighted by Gasteiger charge is 2.22. The summed E-state index contributed by atoms with van der Waals surface area (Å²) in [6, 6.07) is 16.2. The van der Waals surface area contributed by atoms with Crippen molar-refractivity contribution < 1.29 is 9.21 Å². The molecular formula is C22H25N3O2. The number of hydrogen-bond donors (Lipinski definition) is 2. The van der Waals surface area contributed by atoms with Crippen LogP contribution in [-0.4, -0.2) is 10.9 Å². The summed E-state index contributed by atoms with van der Waals surface area (Å²) in [5, 5.41) is 3.49. The Morgan fingerprint density at radius 2 is 1.93 bits per heavy atom. The van der Waals surface area contributed by atoms with Gasteiger partial charge in [-0.05, 0) is 36.1 Å². The number of hydrogen-bond acceptors (Lipinski definition) is 4. The lowest BCUT2D eigenvalue weighted by Gasteiger charge is -2.27. The van der Waals surface area contributed by atoms with Crippen molar-refractivity contribution in [3.8, 4) is 0 Å². The maximum atomic E-state index is 11.4. The molecule has 1 unspecified atom stereocenters. The number of oxazole rings is 1. The molecule has 5 nitrogen and oxygen atoms in total. The second-order valence-electron chi connectivity index (χ2n) is 7.41. The molecule has 1 aliphatic rings. The van der Waals surface area contributed by atoms with Crippen molar-refractivity contribution in [2.24, 2.45) is 11.7 Å². The van der Waals surface area contributed by atoms with E-state index in [1.165, 1.54) is 37.7 Å². The predicted octanol–water partition coefficient (Wildman–Crippen LogP) is 5.05. The highest BCUT2D eigenvalue weighted by atomic mass is 16.4. The lowest BCUT2D eigenvalue weighted by atomic mass is 9.83. The Hall–Kier alpha value is -2.82. The Morgan fingerprint density at radius 1 is 1.15 bits per heavy atom. The first-order valence-corrected chi connectivity index (χ1v) is 9.71. The standard InChI is InChI=1S/C22H25N3O2/c23-21(26)17-11-12-20-19(14-17)25-22(27-20)24-18(16-9-5-2-6-10-16)13-15-7-3-1-4-8-15/h2,5-6,9-12,14-15,18H,1,3-4,7-8,13H2,(H2,23,26)(H,24,25). The Morgan fingerprint density at radius 3 is 2.67 bits per heavy atom. The van der Waals surface area contributed by atoms with E-state index in [0.29, 0.717) is 22.7 Å². The van der Waals surface area contributed by atoms with Crippen LogP contribution in [-0.2, 0) is 0 Å². The molecule has 1 aliphatic carbocycles. The van der Waals surface area contributed by atoms with Gasteiger partial charge in [0.2, 0.25) is 5.91 Å². The number of nitrogens with zero attached hydrogens (tertiary/aromatic N) is 1. The molecule has 4 rings (SSSR count). The van der Waals surface area contributed by atoms with Crippen LogP contribution in [0, 0.1) is 5.92 Å². The molecule has 140 valence electrons. The third-order valence-corrected chi connectivity index (χ3v) is 5.47. The summed E-state index contributed by atoms with van der Waals surface area (Å²) in [7, 11) is 0. The molecule has 0 spiro atoms. The molecule has 5 heteroatoms. The molecule has 0 saturated heterocycles. The average molecular weight is 363 g/mol. The van der Waals surface area contributed by atoms with E-state index in [-0.39, 0.29) is 6.04 Å². The Kier molecular flexibility index (Phi) is 5.10. The maximum Gasteiger partial charge on any atom is 0.296 e. The first-order chi connectivity index (χ1) is 13.2. The minimum Gasteiger partial charge on any atom is -0.424 e. The summed E-state index contributed by atoms with van der Waals surface area (Å²) < 4.78 is 5.87. The Labute approximate surface area is 159 Å². The third-order valence-electron chi connectivity index (χ3n) is 5.47. The van der Waals surface area contributed by atoms with Crippen LogP contribution < -0.4 is 11.1 Å². The first kappa shape index (κ1) is 17.6. The van der Waals surface area contributed by atoms with Crippen molar-refractivity contribution in [3.63, 3.8) is 0 Å². The molecule has 1 heterocycles. The van der Waals surface area contributed by atoms with Crippen LogP contribution in [0.4, 0.5) is 6.01 Å². The highest BCUT2D eigenvalue weighted by molar-refractivity contribution is 5.96. The van der Waals surface area contributed by atoms with Gasteiger partial charge in [0, 0.05) is 5.56 Å². The van der Waals surface area contributed by atoms with E-state index in [9.17, 15) is 4.79 Å². The number of benzene rings is 2. The number of anilines is 1. The number of nitrogens with one attached hydrogen (secondary N) is 1. The molecule has 1 aromatic heterocycles. The number of fused-ring (bicyclic) bond motifs is 1. The van der Waals surface area contributed by atoms with Crippen LogP contribution >= 0.6 is 0 Å². The topological polar surface area (TPSA) is 81.2 Å². The Bertz CT molecular complexity index is 914. The van der Waals surface area contributed by atoms with E-state index in [1.54, 1.807) is 18.2 Å². The number of carbonyl (C=O) groups is 1. The highest BCUT2D eigenvalue weighted by Crippen LogP contribution is 2.34. The van der Waals surface area contributed by atoms with Gasteiger partial charge in [-0.25, -0.2) is 0 Å². The quantitative estimate of drug-likeness (QED) is 0.642. The second-order valence-corrected chi connectivity index (χ2v) is 7.41. The zero-order valence-electron chi connectivity index (χ0n) is 15.4. The summed E-state index contributed by atoms with van der Waals surface area (Å²) >= 11 is 0. The van der Waals surface area contributed by atoms with Crippen molar-refractivity contribution in [1.29, 1.82) is 0 Å². The minimum atomic E-state index is -0.464. The summed E-state index contributed by atoms with van der Waals surface area (Å²) in [5.41, 5.74) is 8.32. The molecule has 3 aromatic rings. The number of amides is 1. The molecule has 1 atom stereocenters. The van der Waals surface area contributed by atoms with Crippen LogP contribution in [0.3, 0.4) is 0 Å². The van der Waals surface area contributed by atoms with Gasteiger partial charge < -0.3 is 15.5 Å². The van der Waals surface area contributed by atoms with Gasteiger partial charge in [0.15, 0.2) is 5.58 Å². The van der Waals surface area contributed by atoms with E-state index < -0.39 is 5.91 Å². The molecule has 1 fully saturated rings. The van der Waals surface area contributed by atoms with Crippen LogP contribution in [0.5, 0.6) is 0 Å². The maximum absolute atomic E-state index is 11.4. The third kappa shape index (κ3) is 4.13. The number of nitrogens with two attached hydrogens (primary N) is 1. The van der Waals surface area contributed by atoms with Crippen molar-refractivity contribution >= 4 is 23.0 Å². The molecule has 3 N–H and O–H groups in total. The van der Waals surface area contributed by atoms with Crippen molar-refractivity contribution in [2.45, 2.75) is 44.6 Å². The van der Waals surface area contributed by atoms with Crippen molar-refractivity contribution in [2.75, 3.05) is 5.32 Å². The van der Waals surface area contributed by atoms with Crippen LogP contribution in [0.2, 0.25) is 0 Å². The zero-order valence-corrected chi connectivity index (χ0v) is 15.4. The molecule has 0 radical (unpaired) electrons. The van der Waals surface area contributed by atoms with Gasteiger partial charge in [0.1, 0.15) is 5.52 Å². The molecule has 0 aliphatic heterocycles. The summed E-state index contributed by atoms with van der Waals surface area (Å²) in [6.45, 7) is 0. The Balaban J connectivity index is 1.58. The SMILES string of the molecule is NC(=O)c1ccc2oc(NC(CC3CCCCC3)c3ccccc3)nc2c1. The molecule has 27 heavy (non-hydrogen) atoms. The molecule has 2 aromatic carbocycles. The van der Waals surface area contributed by atoms with Crippen LogP contribution in [0.15, 0.2) is 52.9 Å². The molecular weight excluding hydrogens is 338 g/mol. The van der Waals surface area contributed by atoms with Gasteiger partial charge in [-0.15, -0.1) is 0 Å². The predicted molar refractivity (Wildman–Crippen MR) is 107 cm³/mol. The fourth-order valence-corrected chi connectivity index (χ4v) is 4.01. The summed E-state index contributed by atoms with van der Waals surface area (Å²) in [4.78, 5) is 15.9. The van der Waals surface area contributed by atoms with E-state index in [1.807, 2.05) is 6.07 Å². The minimum absolute atomic E-state index is 0.151. The summed E-state index contributed by atoms with van der Waals surface area (Å²) in [5.74, 6) is 0.260. The number of primary amides is 1. The van der Waals surface area contributed by atoms with Gasteiger partial charge in [-0.3, -0.25) is 4.79 Å². The fourth-order valence-electron chi connectivity index (χ4n) is 4.01. The van der Waals surface area contributed by atoms with E-state index in [4.69, 9.17) is 10.2 Å². The van der Waals surface area contributed by atoms with Crippen molar-refractivity contribution in [3.05, 3.63) is 59.7 Å². The van der Waals surface area contributed by atoms with Gasteiger partial charge >= 0.3 is 0 Å². The van der Waals surface area contributed by atoms with Gasteiger partial charge in [-0.2, -0.15) is 4.98 Å². The van der Waals surface area contributed by atoms with Crippen LogP contribution in [0.1, 0.15) is 60.5 Å². The lowest BCUT2D eigenvalue weighted by Crippen LogP contribution is -2.17. The molecule has 1 amide bonds. The van der Waals surface area contributed by atoms with E-state index in [2.05, 4.69) is 34.6 Å². The van der Waals surface area contributed by atoms with Gasteiger partial charge in [0.05, 0.1) is 6.04 Å². The fraction of sp³-hybridized carbons (Fsp3) is 0.364. The molecule has 1 saturated carbocycles. The van der Waals surface area contributed by atoms with E-state index >= 15 is 0 Å². The largest absolute Gasteiger partial charge is 0.424 e. The zero-order chi connectivity index (χ0) is 18.6. The number of carbonyl (C=O) groups excluding carboxylic acids is 1. The van der Waals surface area contributed by atoms with Crippen LogP contribution in [0.25, 0.3) is 11.1 Å². The number of rotatable bonds is 6. The second kappa shape index (κ2) is 7.82. The average Bonchev–Trinajstić information content (AvgIpc) is 3.10. The van der Waals surface area contributed by atoms with Gasteiger partial charge in [0.25, 0.3) is 6.01 Å². The van der Waals surface area contributed by atoms with E-state index in [0.717, 1.165) is 12.3 Å². The van der Waals surface area contributed by atoms with Crippen molar-refractivity contribution in [1.82, 2.24) is 4.98 Å². The molecule has 0 bridgehead atoms. The summed E-state index contributed by atoms with van der Waals surface area (Å²) in [6.07, 6.45) is 7.65. The first-order valence-electron chi connectivity index (χ1n) is 9.71. The number of aromatic nitrogens is 1. The normalized spacial score (nSPS) is 16.3. The monoisotopic (exact) mass is 363 g/mol. The van der Waals surface area contributed by atoms with Gasteiger partial charge in [-0.1, -0.05) is 62.4 Å². The smallest absolute Gasteiger partial charge is 0.296 e.